The van der Waals surface area contributed by atoms with Crippen molar-refractivity contribution in [3.05, 3.63) is 64.3 Å². The summed E-state index contributed by atoms with van der Waals surface area (Å²) in [6.45, 7) is 7.01. The molecule has 1 aromatic carbocycles. The third-order valence-corrected chi connectivity index (χ3v) is 9.77. The smallest absolute Gasteiger partial charge is 0.404 e. The number of likely N-dealkylation sites (tertiary alicyclic amines) is 1. The van der Waals surface area contributed by atoms with Crippen molar-refractivity contribution in [1.82, 2.24) is 25.1 Å². The molecule has 0 unspecified atom stereocenters. The number of aromatic nitrogens is 2. The molecule has 0 aliphatic carbocycles. The lowest BCUT2D eigenvalue weighted by Crippen LogP contribution is -2.47. The minimum Gasteiger partial charge on any atom is -0.465 e. The van der Waals surface area contributed by atoms with Gasteiger partial charge in [-0.1, -0.05) is 23.2 Å². The van der Waals surface area contributed by atoms with Crippen LogP contribution >= 0.6 is 23.2 Å². The van der Waals surface area contributed by atoms with E-state index in [1.807, 2.05) is 36.4 Å². The standard InChI is InChI=1S/C32H40Cl2N6O5S/c1-46(43,44)14-2-7-38-10-12-40(13-11-38)30-4-3-28(21-35-30)45-31-16-24(15-29(37-31)25-17-26(33)19-27(34)18-25)22-39-8-5-23(6-9-39)20-36-32(41)42/h3-4,15-19,21,23,36H,2,5-14,20,22H2,1H3,(H,41,42). The monoisotopic (exact) mass is 690 g/mol. The maximum absolute atomic E-state index is 11.4. The van der Waals surface area contributed by atoms with Crippen molar-refractivity contribution in [2.24, 2.45) is 5.92 Å². The highest BCUT2D eigenvalue weighted by atomic mass is 35.5. The molecule has 248 valence electrons. The van der Waals surface area contributed by atoms with E-state index < -0.39 is 15.9 Å². The molecule has 46 heavy (non-hydrogen) atoms. The fraction of sp³-hybridized carbons (Fsp3) is 0.469. The summed E-state index contributed by atoms with van der Waals surface area (Å²) in [5.74, 6) is 2.41. The zero-order valence-corrected chi connectivity index (χ0v) is 28.2. The number of piperazine rings is 1. The molecule has 5 rings (SSSR count). The van der Waals surface area contributed by atoms with Crippen LogP contribution in [-0.4, -0.2) is 104 Å². The van der Waals surface area contributed by atoms with Crippen molar-refractivity contribution in [2.75, 3.05) is 69.3 Å². The quantitative estimate of drug-likeness (QED) is 0.259. The van der Waals surface area contributed by atoms with Crippen LogP contribution < -0.4 is 15.0 Å². The lowest BCUT2D eigenvalue weighted by molar-refractivity contribution is 0.166. The van der Waals surface area contributed by atoms with E-state index in [4.69, 9.17) is 38.0 Å². The SMILES string of the molecule is CS(=O)(=O)CCCN1CCN(c2ccc(Oc3cc(CN4CCC(CNC(=O)O)CC4)cc(-c4cc(Cl)cc(Cl)c4)n3)cn2)CC1. The predicted molar refractivity (Wildman–Crippen MR) is 181 cm³/mol. The highest BCUT2D eigenvalue weighted by Crippen LogP contribution is 2.31. The molecule has 0 bridgehead atoms. The summed E-state index contributed by atoms with van der Waals surface area (Å²) < 4.78 is 29.1. The Kier molecular flexibility index (Phi) is 11.6. The van der Waals surface area contributed by atoms with Crippen molar-refractivity contribution in [3.8, 4) is 22.9 Å². The summed E-state index contributed by atoms with van der Waals surface area (Å²) in [5.41, 5.74) is 2.50. The number of hydrogen-bond donors (Lipinski definition) is 2. The van der Waals surface area contributed by atoms with Gasteiger partial charge in [0.05, 0.1) is 17.6 Å². The van der Waals surface area contributed by atoms with Crippen LogP contribution in [0.3, 0.4) is 0 Å². The van der Waals surface area contributed by atoms with E-state index in [-0.39, 0.29) is 5.75 Å². The average Bonchev–Trinajstić information content (AvgIpc) is 3.00. The Balaban J connectivity index is 1.24. The Morgan fingerprint density at radius 1 is 1.00 bits per heavy atom. The van der Waals surface area contributed by atoms with E-state index in [2.05, 4.69) is 25.0 Å². The Morgan fingerprint density at radius 3 is 2.35 bits per heavy atom. The minimum absolute atomic E-state index is 0.217. The molecule has 11 nitrogen and oxygen atoms in total. The highest BCUT2D eigenvalue weighted by molar-refractivity contribution is 7.90. The summed E-state index contributed by atoms with van der Waals surface area (Å²) >= 11 is 12.6. The summed E-state index contributed by atoms with van der Waals surface area (Å²) in [4.78, 5) is 27.2. The summed E-state index contributed by atoms with van der Waals surface area (Å²) in [6.07, 6.45) is 4.48. The van der Waals surface area contributed by atoms with Crippen LogP contribution in [0.5, 0.6) is 11.6 Å². The van der Waals surface area contributed by atoms with Gasteiger partial charge in [-0.05, 0) is 86.8 Å². The van der Waals surface area contributed by atoms with Crippen LogP contribution in [0, 0.1) is 5.92 Å². The van der Waals surface area contributed by atoms with Crippen LogP contribution in [0.2, 0.25) is 10.0 Å². The molecule has 4 heterocycles. The number of nitrogens with one attached hydrogen (secondary N) is 1. The number of benzene rings is 1. The molecule has 0 spiro atoms. The van der Waals surface area contributed by atoms with Gasteiger partial charge in [-0.3, -0.25) is 9.80 Å². The molecule has 2 N–H and O–H groups in total. The largest absolute Gasteiger partial charge is 0.465 e. The molecule has 2 saturated heterocycles. The van der Waals surface area contributed by atoms with Crippen LogP contribution in [0.1, 0.15) is 24.8 Å². The first-order valence-corrected chi connectivity index (χ1v) is 18.3. The van der Waals surface area contributed by atoms with Crippen molar-refractivity contribution in [3.63, 3.8) is 0 Å². The molecule has 2 aromatic heterocycles. The van der Waals surface area contributed by atoms with Gasteiger partial charge in [-0.15, -0.1) is 0 Å². The van der Waals surface area contributed by atoms with Gasteiger partial charge in [0.15, 0.2) is 0 Å². The molecular weight excluding hydrogens is 651 g/mol. The number of carbonyl (C=O) groups is 1. The Hall–Kier alpha value is -3.16. The van der Waals surface area contributed by atoms with Crippen molar-refractivity contribution in [2.45, 2.75) is 25.8 Å². The van der Waals surface area contributed by atoms with Crippen molar-refractivity contribution in [1.29, 1.82) is 0 Å². The summed E-state index contributed by atoms with van der Waals surface area (Å²) in [5, 5.41) is 12.5. The second-order valence-corrected chi connectivity index (χ2v) is 15.2. The molecule has 2 fully saturated rings. The lowest BCUT2D eigenvalue weighted by Gasteiger charge is -2.35. The Labute approximate surface area is 280 Å². The van der Waals surface area contributed by atoms with Gasteiger partial charge in [0.1, 0.15) is 21.4 Å². The molecule has 0 radical (unpaired) electrons. The van der Waals surface area contributed by atoms with E-state index in [0.717, 1.165) is 75.6 Å². The number of rotatable bonds is 12. The van der Waals surface area contributed by atoms with Crippen LogP contribution in [-0.2, 0) is 16.4 Å². The van der Waals surface area contributed by atoms with Crippen LogP contribution in [0.25, 0.3) is 11.3 Å². The number of amides is 1. The van der Waals surface area contributed by atoms with E-state index in [1.54, 1.807) is 12.3 Å². The number of anilines is 1. The third-order valence-electron chi connectivity index (χ3n) is 8.30. The zero-order valence-electron chi connectivity index (χ0n) is 25.9. The van der Waals surface area contributed by atoms with E-state index in [1.165, 1.54) is 6.26 Å². The molecule has 1 amide bonds. The number of hydrogen-bond acceptors (Lipinski definition) is 9. The molecule has 14 heteroatoms. The predicted octanol–water partition coefficient (Wildman–Crippen LogP) is 5.28. The minimum atomic E-state index is -2.93. The highest BCUT2D eigenvalue weighted by Gasteiger charge is 2.21. The lowest BCUT2D eigenvalue weighted by atomic mass is 9.96. The Bertz CT molecular complexity index is 1570. The number of nitrogens with zero attached hydrogens (tertiary/aromatic N) is 5. The van der Waals surface area contributed by atoms with Gasteiger partial charge in [0.25, 0.3) is 0 Å². The topological polar surface area (TPSA) is 128 Å². The van der Waals surface area contributed by atoms with E-state index in [9.17, 15) is 13.2 Å². The average molecular weight is 692 g/mol. The summed E-state index contributed by atoms with van der Waals surface area (Å²) in [6, 6.07) is 13.1. The molecule has 3 aromatic rings. The molecule has 0 saturated carbocycles. The van der Waals surface area contributed by atoms with Gasteiger partial charge in [-0.2, -0.15) is 0 Å². The van der Waals surface area contributed by atoms with Crippen molar-refractivity contribution >= 4 is 45.0 Å². The van der Waals surface area contributed by atoms with Crippen molar-refractivity contribution < 1.29 is 23.1 Å². The maximum atomic E-state index is 11.4. The van der Waals surface area contributed by atoms with Crippen LogP contribution in [0.4, 0.5) is 10.6 Å². The molecule has 2 aliphatic heterocycles. The van der Waals surface area contributed by atoms with Gasteiger partial charge < -0.3 is 20.1 Å². The first kappa shape index (κ1) is 34.2. The first-order valence-electron chi connectivity index (χ1n) is 15.4. The van der Waals surface area contributed by atoms with Gasteiger partial charge in [0.2, 0.25) is 5.88 Å². The second-order valence-electron chi connectivity index (χ2n) is 12.0. The van der Waals surface area contributed by atoms with Gasteiger partial charge in [-0.25, -0.2) is 23.2 Å². The molecule has 2 aliphatic rings. The maximum Gasteiger partial charge on any atom is 0.404 e. The summed E-state index contributed by atoms with van der Waals surface area (Å²) in [7, 11) is -2.93. The number of halogens is 2. The Morgan fingerprint density at radius 2 is 1.72 bits per heavy atom. The van der Waals surface area contributed by atoms with E-state index >= 15 is 0 Å². The fourth-order valence-electron chi connectivity index (χ4n) is 5.88. The normalized spacial score (nSPS) is 16.8. The molecular formula is C32H40Cl2N6O5S. The number of piperidine rings is 1. The number of ether oxygens (including phenoxy) is 1. The first-order chi connectivity index (χ1) is 22.0. The number of sulfone groups is 1. The number of pyridine rings is 2. The third kappa shape index (κ3) is 10.4. The number of carboxylic acid groups (broad SMARTS) is 1. The van der Waals surface area contributed by atoms with Gasteiger partial charge in [0, 0.05) is 67.2 Å². The van der Waals surface area contributed by atoms with E-state index in [0.29, 0.717) is 52.8 Å². The molecule has 0 atom stereocenters. The second kappa shape index (κ2) is 15.6. The zero-order chi connectivity index (χ0) is 32.7. The van der Waals surface area contributed by atoms with Gasteiger partial charge >= 0.3 is 6.09 Å². The fourth-order valence-corrected chi connectivity index (χ4v) is 7.06. The van der Waals surface area contributed by atoms with Crippen LogP contribution in [0.15, 0.2) is 48.7 Å².